The van der Waals surface area contributed by atoms with E-state index in [0.717, 1.165) is 9.87 Å². The van der Waals surface area contributed by atoms with Crippen LogP contribution in [-0.4, -0.2) is 47.0 Å². The Kier molecular flexibility index (Phi) is 7.87. The molecule has 0 aromatic heterocycles. The summed E-state index contributed by atoms with van der Waals surface area (Å²) in [6.07, 6.45) is 0. The normalized spacial score (nSPS) is 10.8. The molecular formula is C25H24N2O7S. The number of rotatable bonds is 8. The number of sulfonamides is 1. The summed E-state index contributed by atoms with van der Waals surface area (Å²) in [5.41, 5.74) is 1.14. The SMILES string of the molecule is COC(=O)c1ccc(C(=O)OC)c(NC(=O)CN(c2cccc(C)c2)S(=O)(=O)c2ccccc2)c1. The molecule has 3 rings (SSSR count). The molecule has 0 aliphatic heterocycles. The third-order valence-electron chi connectivity index (χ3n) is 5.03. The van der Waals surface area contributed by atoms with Crippen molar-refractivity contribution in [2.75, 3.05) is 30.4 Å². The second-order valence-electron chi connectivity index (χ2n) is 7.46. The minimum atomic E-state index is -4.11. The van der Waals surface area contributed by atoms with Gasteiger partial charge in [0.25, 0.3) is 10.0 Å². The highest BCUT2D eigenvalue weighted by atomic mass is 32.2. The van der Waals surface area contributed by atoms with Gasteiger partial charge < -0.3 is 14.8 Å². The number of carbonyl (C=O) groups excluding carboxylic acids is 3. The van der Waals surface area contributed by atoms with Crippen molar-refractivity contribution in [2.24, 2.45) is 0 Å². The van der Waals surface area contributed by atoms with Gasteiger partial charge in [0.2, 0.25) is 5.91 Å². The molecule has 182 valence electrons. The van der Waals surface area contributed by atoms with Gasteiger partial charge in [-0.25, -0.2) is 18.0 Å². The minimum absolute atomic E-state index is 0.0113. The van der Waals surface area contributed by atoms with E-state index in [2.05, 4.69) is 5.32 Å². The van der Waals surface area contributed by atoms with Gasteiger partial charge in [-0.2, -0.15) is 0 Å². The summed E-state index contributed by atoms with van der Waals surface area (Å²) >= 11 is 0. The molecule has 0 radical (unpaired) electrons. The zero-order valence-electron chi connectivity index (χ0n) is 19.3. The Labute approximate surface area is 203 Å². The van der Waals surface area contributed by atoms with E-state index in [4.69, 9.17) is 9.47 Å². The summed E-state index contributed by atoms with van der Waals surface area (Å²) < 4.78 is 37.3. The average Bonchev–Trinajstić information content (AvgIpc) is 2.86. The summed E-state index contributed by atoms with van der Waals surface area (Å²) in [5, 5.41) is 2.53. The van der Waals surface area contributed by atoms with Crippen LogP contribution < -0.4 is 9.62 Å². The van der Waals surface area contributed by atoms with Crippen molar-refractivity contribution in [3.05, 3.63) is 89.5 Å². The van der Waals surface area contributed by atoms with Crippen LogP contribution in [0.2, 0.25) is 0 Å². The van der Waals surface area contributed by atoms with Gasteiger partial charge in [0.1, 0.15) is 6.54 Å². The topological polar surface area (TPSA) is 119 Å². The zero-order chi connectivity index (χ0) is 25.6. The molecule has 10 heteroatoms. The molecule has 3 aromatic carbocycles. The standard InChI is InChI=1S/C25H24N2O7S/c1-17-8-7-9-19(14-17)27(35(31,32)20-10-5-4-6-11-20)16-23(28)26-22-15-18(24(29)33-2)12-13-21(22)25(30)34-3/h4-15H,16H2,1-3H3,(H,26,28). The van der Waals surface area contributed by atoms with Crippen molar-refractivity contribution in [2.45, 2.75) is 11.8 Å². The number of benzene rings is 3. The highest BCUT2D eigenvalue weighted by Crippen LogP contribution is 2.25. The fourth-order valence-electron chi connectivity index (χ4n) is 3.32. The molecule has 0 atom stereocenters. The number of aryl methyl sites for hydroxylation is 1. The molecule has 0 saturated heterocycles. The van der Waals surface area contributed by atoms with Crippen LogP contribution >= 0.6 is 0 Å². The van der Waals surface area contributed by atoms with Gasteiger partial charge in [-0.1, -0.05) is 30.3 Å². The fourth-order valence-corrected chi connectivity index (χ4v) is 4.75. The zero-order valence-corrected chi connectivity index (χ0v) is 20.2. The molecule has 1 amide bonds. The van der Waals surface area contributed by atoms with Crippen LogP contribution in [0.4, 0.5) is 11.4 Å². The van der Waals surface area contributed by atoms with E-state index in [-0.39, 0.29) is 21.7 Å². The molecular weight excluding hydrogens is 472 g/mol. The maximum Gasteiger partial charge on any atom is 0.339 e. The number of amides is 1. The lowest BCUT2D eigenvalue weighted by atomic mass is 10.1. The van der Waals surface area contributed by atoms with Crippen molar-refractivity contribution < 1.29 is 32.3 Å². The van der Waals surface area contributed by atoms with Gasteiger partial charge in [-0.3, -0.25) is 9.10 Å². The molecule has 35 heavy (non-hydrogen) atoms. The molecule has 0 bridgehead atoms. The van der Waals surface area contributed by atoms with Crippen LogP contribution in [0.3, 0.4) is 0 Å². The van der Waals surface area contributed by atoms with Gasteiger partial charge in [-0.05, 0) is 55.0 Å². The van der Waals surface area contributed by atoms with Gasteiger partial charge in [0.15, 0.2) is 0 Å². The maximum atomic E-state index is 13.4. The number of nitrogens with zero attached hydrogens (tertiary/aromatic N) is 1. The highest BCUT2D eigenvalue weighted by Gasteiger charge is 2.28. The van der Waals surface area contributed by atoms with E-state index < -0.39 is 34.4 Å². The largest absolute Gasteiger partial charge is 0.465 e. The number of methoxy groups -OCH3 is 2. The number of esters is 2. The molecule has 0 aliphatic rings. The Morgan fingerprint density at radius 1 is 0.857 bits per heavy atom. The lowest BCUT2D eigenvalue weighted by Gasteiger charge is -2.24. The summed E-state index contributed by atoms with van der Waals surface area (Å²) in [6, 6.07) is 18.4. The van der Waals surface area contributed by atoms with E-state index in [1.165, 1.54) is 44.6 Å². The smallest absolute Gasteiger partial charge is 0.339 e. The Bertz CT molecular complexity index is 1360. The Balaban J connectivity index is 2.00. The van der Waals surface area contributed by atoms with E-state index >= 15 is 0 Å². The minimum Gasteiger partial charge on any atom is -0.465 e. The number of nitrogens with one attached hydrogen (secondary N) is 1. The number of ether oxygens (including phenoxy) is 2. The van der Waals surface area contributed by atoms with Gasteiger partial charge in [0.05, 0.1) is 41.6 Å². The Morgan fingerprint density at radius 2 is 1.54 bits per heavy atom. The Morgan fingerprint density at radius 3 is 2.17 bits per heavy atom. The molecule has 0 heterocycles. The van der Waals surface area contributed by atoms with Crippen LogP contribution in [0.1, 0.15) is 26.3 Å². The predicted octanol–water partition coefficient (Wildman–Crippen LogP) is 3.40. The summed E-state index contributed by atoms with van der Waals surface area (Å²) in [5.74, 6) is -2.16. The lowest BCUT2D eigenvalue weighted by molar-refractivity contribution is -0.114. The van der Waals surface area contributed by atoms with Crippen molar-refractivity contribution >= 4 is 39.2 Å². The van der Waals surface area contributed by atoms with E-state index in [1.54, 1.807) is 49.4 Å². The van der Waals surface area contributed by atoms with Crippen LogP contribution in [-0.2, 0) is 24.3 Å². The quantitative estimate of drug-likeness (QED) is 0.475. The number of carbonyl (C=O) groups is 3. The summed E-state index contributed by atoms with van der Waals surface area (Å²) in [4.78, 5) is 37.2. The van der Waals surface area contributed by atoms with E-state index in [9.17, 15) is 22.8 Å². The van der Waals surface area contributed by atoms with Crippen molar-refractivity contribution in [3.8, 4) is 0 Å². The summed E-state index contributed by atoms with van der Waals surface area (Å²) in [6.45, 7) is 1.21. The molecule has 0 fully saturated rings. The second kappa shape index (κ2) is 10.8. The molecule has 9 nitrogen and oxygen atoms in total. The molecule has 0 aliphatic carbocycles. The number of hydrogen-bond donors (Lipinski definition) is 1. The molecule has 0 saturated carbocycles. The van der Waals surface area contributed by atoms with Crippen molar-refractivity contribution in [3.63, 3.8) is 0 Å². The first-order chi connectivity index (χ1) is 16.7. The average molecular weight is 497 g/mol. The first-order valence-corrected chi connectivity index (χ1v) is 11.9. The van der Waals surface area contributed by atoms with E-state index in [1.807, 2.05) is 0 Å². The first kappa shape index (κ1) is 25.4. The summed E-state index contributed by atoms with van der Waals surface area (Å²) in [7, 11) is -1.74. The van der Waals surface area contributed by atoms with Crippen LogP contribution in [0.15, 0.2) is 77.7 Å². The number of hydrogen-bond acceptors (Lipinski definition) is 7. The number of anilines is 2. The van der Waals surface area contributed by atoms with Crippen molar-refractivity contribution in [1.82, 2.24) is 0 Å². The van der Waals surface area contributed by atoms with Crippen molar-refractivity contribution in [1.29, 1.82) is 0 Å². The van der Waals surface area contributed by atoms with Gasteiger partial charge in [0, 0.05) is 0 Å². The molecule has 3 aromatic rings. The molecule has 0 unspecified atom stereocenters. The van der Waals surface area contributed by atoms with E-state index in [0.29, 0.717) is 5.69 Å². The Hall–Kier alpha value is -4.18. The highest BCUT2D eigenvalue weighted by molar-refractivity contribution is 7.92. The molecule has 1 N–H and O–H groups in total. The van der Waals surface area contributed by atoms with Gasteiger partial charge >= 0.3 is 11.9 Å². The van der Waals surface area contributed by atoms with Crippen LogP contribution in [0, 0.1) is 6.92 Å². The first-order valence-electron chi connectivity index (χ1n) is 10.4. The lowest BCUT2D eigenvalue weighted by Crippen LogP contribution is -2.38. The van der Waals surface area contributed by atoms with Crippen LogP contribution in [0.25, 0.3) is 0 Å². The van der Waals surface area contributed by atoms with Gasteiger partial charge in [-0.15, -0.1) is 0 Å². The molecule has 0 spiro atoms. The third-order valence-corrected chi connectivity index (χ3v) is 6.82. The maximum absolute atomic E-state index is 13.4. The monoisotopic (exact) mass is 496 g/mol. The fraction of sp³-hybridized carbons (Fsp3) is 0.160. The second-order valence-corrected chi connectivity index (χ2v) is 9.32. The van der Waals surface area contributed by atoms with Crippen LogP contribution in [0.5, 0.6) is 0 Å². The third kappa shape index (κ3) is 5.85. The predicted molar refractivity (Wildman–Crippen MR) is 130 cm³/mol.